The zero-order valence-corrected chi connectivity index (χ0v) is 14.1. The van der Waals surface area contributed by atoms with Crippen molar-refractivity contribution in [3.63, 3.8) is 0 Å². The lowest BCUT2D eigenvalue weighted by molar-refractivity contribution is 0.383. The number of aromatic hydroxyl groups is 1. The number of aromatic nitrogens is 2. The van der Waals surface area contributed by atoms with Crippen LogP contribution >= 0.6 is 22.6 Å². The molecule has 2 aromatic rings. The topological polar surface area (TPSA) is 46.0 Å². The fraction of sp³-hybridized carbons (Fsp3) is 0.375. The molecule has 1 aliphatic carbocycles. The highest BCUT2D eigenvalue weighted by Gasteiger charge is 2.33. The fourth-order valence-corrected chi connectivity index (χ4v) is 3.26. The first-order valence-corrected chi connectivity index (χ1v) is 8.36. The molecule has 0 saturated carbocycles. The fourth-order valence-electron chi connectivity index (χ4n) is 2.79. The van der Waals surface area contributed by atoms with Gasteiger partial charge in [-0.2, -0.15) is 4.98 Å². The van der Waals surface area contributed by atoms with Gasteiger partial charge in [0.2, 0.25) is 5.88 Å². The standard InChI is InChI=1S/C16H16FIN2O/c1-16(2)6-11-13(7-16)19-14(20-15(11)21)10-5-9(8-18)3-4-12(10)17/h3-5H,6-8H2,1-2H3,(H,19,20,21). The summed E-state index contributed by atoms with van der Waals surface area (Å²) in [5.41, 5.74) is 3.06. The highest BCUT2D eigenvalue weighted by atomic mass is 127. The van der Waals surface area contributed by atoms with E-state index in [1.807, 2.05) is 0 Å². The molecular formula is C16H16FIN2O. The van der Waals surface area contributed by atoms with Crippen LogP contribution in [0, 0.1) is 11.2 Å². The molecule has 1 N–H and O–H groups in total. The summed E-state index contributed by atoms with van der Waals surface area (Å²) in [4.78, 5) is 8.62. The van der Waals surface area contributed by atoms with Crippen LogP contribution in [0.3, 0.4) is 0 Å². The third kappa shape index (κ3) is 2.75. The minimum absolute atomic E-state index is 0.0140. The van der Waals surface area contributed by atoms with Crippen molar-refractivity contribution in [1.29, 1.82) is 0 Å². The van der Waals surface area contributed by atoms with Crippen molar-refractivity contribution in [2.75, 3.05) is 0 Å². The Labute approximate surface area is 136 Å². The van der Waals surface area contributed by atoms with E-state index in [2.05, 4.69) is 46.4 Å². The van der Waals surface area contributed by atoms with Crippen LogP contribution in [0.15, 0.2) is 18.2 Å². The molecule has 0 radical (unpaired) electrons. The smallest absolute Gasteiger partial charge is 0.217 e. The number of benzene rings is 1. The number of hydrogen-bond acceptors (Lipinski definition) is 3. The molecule has 5 heteroatoms. The second-order valence-corrected chi connectivity index (χ2v) is 7.02. The average molecular weight is 398 g/mol. The van der Waals surface area contributed by atoms with Crippen LogP contribution in [0.2, 0.25) is 0 Å². The predicted octanol–water partition coefficient (Wildman–Crippen LogP) is 4.05. The van der Waals surface area contributed by atoms with E-state index >= 15 is 0 Å². The lowest BCUT2D eigenvalue weighted by Crippen LogP contribution is -2.09. The van der Waals surface area contributed by atoms with Crippen molar-refractivity contribution in [3.05, 3.63) is 40.8 Å². The molecule has 1 aromatic heterocycles. The molecule has 0 fully saturated rings. The summed E-state index contributed by atoms with van der Waals surface area (Å²) in [6.45, 7) is 4.26. The maximum Gasteiger partial charge on any atom is 0.217 e. The van der Waals surface area contributed by atoms with Gasteiger partial charge in [0.25, 0.3) is 0 Å². The predicted molar refractivity (Wildman–Crippen MR) is 88.0 cm³/mol. The molecule has 0 atom stereocenters. The number of rotatable bonds is 2. The molecule has 3 rings (SSSR count). The summed E-state index contributed by atoms with van der Waals surface area (Å²) in [6.07, 6.45) is 1.53. The molecule has 0 unspecified atom stereocenters. The van der Waals surface area contributed by atoms with E-state index in [0.717, 1.165) is 34.1 Å². The highest BCUT2D eigenvalue weighted by molar-refractivity contribution is 14.1. The van der Waals surface area contributed by atoms with Crippen LogP contribution < -0.4 is 0 Å². The molecule has 3 nitrogen and oxygen atoms in total. The molecule has 0 saturated heterocycles. The van der Waals surface area contributed by atoms with E-state index in [1.54, 1.807) is 12.1 Å². The molecule has 0 spiro atoms. The van der Waals surface area contributed by atoms with E-state index in [0.29, 0.717) is 5.56 Å². The molecular weight excluding hydrogens is 382 g/mol. The van der Waals surface area contributed by atoms with Gasteiger partial charge in [0.05, 0.1) is 11.3 Å². The Morgan fingerprint density at radius 2 is 2.05 bits per heavy atom. The molecule has 0 aliphatic heterocycles. The van der Waals surface area contributed by atoms with Crippen molar-refractivity contribution < 1.29 is 9.50 Å². The Bertz CT molecular complexity index is 716. The molecule has 21 heavy (non-hydrogen) atoms. The van der Waals surface area contributed by atoms with Gasteiger partial charge >= 0.3 is 0 Å². The molecule has 1 aliphatic rings. The minimum atomic E-state index is -0.361. The van der Waals surface area contributed by atoms with Gasteiger partial charge in [-0.15, -0.1) is 0 Å². The lowest BCUT2D eigenvalue weighted by atomic mass is 9.91. The van der Waals surface area contributed by atoms with Crippen LogP contribution in [0.25, 0.3) is 11.4 Å². The minimum Gasteiger partial charge on any atom is -0.493 e. The van der Waals surface area contributed by atoms with Gasteiger partial charge in [0, 0.05) is 9.99 Å². The van der Waals surface area contributed by atoms with E-state index < -0.39 is 0 Å². The number of alkyl halides is 1. The van der Waals surface area contributed by atoms with Gasteiger partial charge in [0.15, 0.2) is 5.82 Å². The molecule has 0 bridgehead atoms. The van der Waals surface area contributed by atoms with Gasteiger partial charge in [-0.1, -0.05) is 42.5 Å². The van der Waals surface area contributed by atoms with E-state index in [9.17, 15) is 9.50 Å². The summed E-state index contributed by atoms with van der Waals surface area (Å²) in [5.74, 6) is -0.104. The van der Waals surface area contributed by atoms with Gasteiger partial charge in [-0.05, 0) is 36.0 Å². The molecule has 0 amide bonds. The van der Waals surface area contributed by atoms with Crippen LogP contribution in [0.1, 0.15) is 30.7 Å². The maximum atomic E-state index is 14.1. The molecule has 110 valence electrons. The first-order valence-electron chi connectivity index (χ1n) is 6.83. The second-order valence-electron chi connectivity index (χ2n) is 6.26. The SMILES string of the molecule is CC1(C)Cc2nc(-c3cc(CI)ccc3F)nc(O)c2C1. The van der Waals surface area contributed by atoms with E-state index in [-0.39, 0.29) is 22.9 Å². The third-order valence-corrected chi connectivity index (χ3v) is 4.68. The summed E-state index contributed by atoms with van der Waals surface area (Å²) >= 11 is 2.23. The highest BCUT2D eigenvalue weighted by Crippen LogP contribution is 2.39. The first-order chi connectivity index (χ1) is 9.89. The van der Waals surface area contributed by atoms with Gasteiger partial charge in [0.1, 0.15) is 5.82 Å². The number of hydrogen-bond donors (Lipinski definition) is 1. The van der Waals surface area contributed by atoms with Crippen LogP contribution in [0.5, 0.6) is 5.88 Å². The summed E-state index contributed by atoms with van der Waals surface area (Å²) in [5, 5.41) is 10.1. The summed E-state index contributed by atoms with van der Waals surface area (Å²) in [6, 6.07) is 4.94. The average Bonchev–Trinajstić information content (AvgIpc) is 2.74. The Balaban J connectivity index is 2.12. The first kappa shape index (κ1) is 14.7. The van der Waals surface area contributed by atoms with Gasteiger partial charge in [-0.25, -0.2) is 9.37 Å². The van der Waals surface area contributed by atoms with Crippen LogP contribution in [-0.2, 0) is 17.3 Å². The zero-order chi connectivity index (χ0) is 15.2. The van der Waals surface area contributed by atoms with Crippen molar-refractivity contribution in [2.45, 2.75) is 31.1 Å². The Kier molecular flexibility index (Phi) is 3.63. The second kappa shape index (κ2) is 5.19. The van der Waals surface area contributed by atoms with Crippen molar-refractivity contribution in [3.8, 4) is 17.3 Å². The molecule has 1 heterocycles. The number of fused-ring (bicyclic) bond motifs is 1. The quantitative estimate of drug-likeness (QED) is 0.614. The van der Waals surface area contributed by atoms with Crippen molar-refractivity contribution in [2.24, 2.45) is 5.41 Å². The normalized spacial score (nSPS) is 16.0. The van der Waals surface area contributed by atoms with E-state index in [4.69, 9.17) is 0 Å². The maximum absolute atomic E-state index is 14.1. The van der Waals surface area contributed by atoms with Gasteiger partial charge < -0.3 is 5.11 Å². The van der Waals surface area contributed by atoms with Crippen molar-refractivity contribution in [1.82, 2.24) is 9.97 Å². The summed E-state index contributed by atoms with van der Waals surface area (Å²) in [7, 11) is 0. The molecule has 1 aromatic carbocycles. The largest absolute Gasteiger partial charge is 0.493 e. The van der Waals surface area contributed by atoms with Crippen LogP contribution in [-0.4, -0.2) is 15.1 Å². The third-order valence-electron chi connectivity index (χ3n) is 3.80. The zero-order valence-electron chi connectivity index (χ0n) is 12.0. The Morgan fingerprint density at radius 1 is 1.29 bits per heavy atom. The monoisotopic (exact) mass is 398 g/mol. The lowest BCUT2D eigenvalue weighted by Gasteiger charge is -2.14. The Morgan fingerprint density at radius 3 is 2.76 bits per heavy atom. The van der Waals surface area contributed by atoms with Crippen LogP contribution in [0.4, 0.5) is 4.39 Å². The summed E-state index contributed by atoms with van der Waals surface area (Å²) < 4.78 is 14.8. The van der Waals surface area contributed by atoms with Gasteiger partial charge in [-0.3, -0.25) is 0 Å². The number of halogens is 2. The number of nitrogens with zero attached hydrogens (tertiary/aromatic N) is 2. The Hall–Kier alpha value is -1.24. The van der Waals surface area contributed by atoms with E-state index in [1.165, 1.54) is 6.07 Å². The van der Waals surface area contributed by atoms with Crippen molar-refractivity contribution >= 4 is 22.6 Å².